The van der Waals surface area contributed by atoms with E-state index in [4.69, 9.17) is 0 Å². The topological polar surface area (TPSA) is 73.5 Å². The fourth-order valence-corrected chi connectivity index (χ4v) is 7.21. The van der Waals surface area contributed by atoms with E-state index < -0.39 is 10.0 Å². The molecule has 1 aromatic carbocycles. The van der Waals surface area contributed by atoms with Crippen LogP contribution in [0.15, 0.2) is 46.8 Å². The molecule has 9 heteroatoms. The minimum absolute atomic E-state index is 0.123. The van der Waals surface area contributed by atoms with Gasteiger partial charge in [0.15, 0.2) is 0 Å². The van der Waals surface area contributed by atoms with E-state index in [0.717, 1.165) is 34.9 Å². The molecule has 0 radical (unpaired) electrons. The lowest BCUT2D eigenvalue weighted by molar-refractivity contribution is 0.0774. The van der Waals surface area contributed by atoms with Crippen molar-refractivity contribution in [3.8, 4) is 0 Å². The Morgan fingerprint density at radius 3 is 2.68 bits per heavy atom. The van der Waals surface area contributed by atoms with Crippen molar-refractivity contribution in [1.82, 2.24) is 14.2 Å². The summed E-state index contributed by atoms with van der Waals surface area (Å²) in [5.41, 5.74) is 2.85. The van der Waals surface area contributed by atoms with E-state index in [1.165, 1.54) is 27.8 Å². The number of nitrogens with one attached hydrogen (secondary N) is 1. The van der Waals surface area contributed by atoms with Gasteiger partial charge in [-0.2, -0.15) is 4.31 Å². The quantitative estimate of drug-likeness (QED) is 0.639. The molecule has 6 nitrogen and oxygen atoms in total. The number of hydrogen-bond donors (Lipinski definition) is 1. The van der Waals surface area contributed by atoms with Gasteiger partial charge in [-0.05, 0) is 54.5 Å². The third-order valence-corrected chi connectivity index (χ3v) is 8.96. The third kappa shape index (κ3) is 3.60. The molecular formula is C22H22FN3O3S2. The van der Waals surface area contributed by atoms with Crippen LogP contribution in [0, 0.1) is 5.82 Å². The summed E-state index contributed by atoms with van der Waals surface area (Å²) < 4.78 is 40.9. The number of aromatic amines is 1. The van der Waals surface area contributed by atoms with Crippen LogP contribution in [0.3, 0.4) is 0 Å². The first-order valence-electron chi connectivity index (χ1n) is 10.3. The van der Waals surface area contributed by atoms with Gasteiger partial charge in [-0.1, -0.05) is 6.08 Å². The Labute approximate surface area is 184 Å². The van der Waals surface area contributed by atoms with E-state index in [2.05, 4.69) is 4.98 Å². The number of sulfonamides is 1. The van der Waals surface area contributed by atoms with E-state index in [1.807, 2.05) is 12.3 Å². The second-order valence-electron chi connectivity index (χ2n) is 7.85. The van der Waals surface area contributed by atoms with Gasteiger partial charge in [0.05, 0.1) is 0 Å². The van der Waals surface area contributed by atoms with Crippen LogP contribution in [0.1, 0.15) is 34.5 Å². The Hall–Kier alpha value is -2.49. The fraction of sp³-hybridized carbons (Fsp3) is 0.318. The molecule has 1 fully saturated rings. The van der Waals surface area contributed by atoms with Crippen molar-refractivity contribution in [2.45, 2.75) is 24.2 Å². The first-order valence-corrected chi connectivity index (χ1v) is 12.6. The second-order valence-corrected chi connectivity index (χ2v) is 10.7. The number of benzene rings is 1. The van der Waals surface area contributed by atoms with Crippen molar-refractivity contribution in [2.24, 2.45) is 0 Å². The van der Waals surface area contributed by atoms with Gasteiger partial charge >= 0.3 is 0 Å². The number of aromatic nitrogens is 1. The zero-order chi connectivity index (χ0) is 21.6. The lowest BCUT2D eigenvalue weighted by atomic mass is 9.99. The van der Waals surface area contributed by atoms with E-state index >= 15 is 0 Å². The monoisotopic (exact) mass is 459 g/mol. The maximum absolute atomic E-state index is 13.5. The number of carbonyl (C=O) groups is 1. The molecule has 2 aliphatic rings. The predicted molar refractivity (Wildman–Crippen MR) is 119 cm³/mol. The van der Waals surface area contributed by atoms with Gasteiger partial charge in [0, 0.05) is 48.8 Å². The van der Waals surface area contributed by atoms with Gasteiger partial charge in [0.2, 0.25) is 10.0 Å². The minimum Gasteiger partial charge on any atom is -0.360 e. The molecule has 3 aromatic rings. The van der Waals surface area contributed by atoms with E-state index in [9.17, 15) is 17.6 Å². The Kier molecular flexibility index (Phi) is 5.19. The standard InChI is InChI=1S/C22H22FN3O3S2/c23-16-3-4-17-18(14-24-19(17)13-16)15-5-10-25(11-6-15)22(27)21-20(7-12-30-21)31(28,29)26-8-1-2-9-26/h3-5,7,12-14,24H,1-2,6,8-11H2. The third-order valence-electron chi connectivity index (χ3n) is 5.99. The first kappa shape index (κ1) is 20.4. The van der Waals surface area contributed by atoms with Crippen LogP contribution in [-0.4, -0.2) is 54.7 Å². The lowest BCUT2D eigenvalue weighted by Crippen LogP contribution is -2.36. The summed E-state index contributed by atoms with van der Waals surface area (Å²) in [6.07, 6.45) is 6.22. The molecule has 1 amide bonds. The molecule has 0 atom stereocenters. The van der Waals surface area contributed by atoms with E-state index in [1.54, 1.807) is 22.4 Å². The van der Waals surface area contributed by atoms with Crippen LogP contribution in [0.25, 0.3) is 16.5 Å². The number of hydrogen-bond acceptors (Lipinski definition) is 4. The fourth-order valence-electron chi connectivity index (χ4n) is 4.33. The van der Waals surface area contributed by atoms with Crippen molar-refractivity contribution < 1.29 is 17.6 Å². The normalized spacial score (nSPS) is 18.0. The lowest BCUT2D eigenvalue weighted by Gasteiger charge is -2.27. The molecular weight excluding hydrogens is 437 g/mol. The zero-order valence-electron chi connectivity index (χ0n) is 16.8. The van der Waals surface area contributed by atoms with E-state index in [-0.39, 0.29) is 21.5 Å². The average Bonchev–Trinajstić information content (AvgIpc) is 3.53. The Balaban J connectivity index is 1.37. The second kappa shape index (κ2) is 7.89. The van der Waals surface area contributed by atoms with Gasteiger partial charge in [-0.3, -0.25) is 4.79 Å². The average molecular weight is 460 g/mol. The number of halogens is 1. The highest BCUT2D eigenvalue weighted by atomic mass is 32.2. The summed E-state index contributed by atoms with van der Waals surface area (Å²) in [7, 11) is -3.64. The van der Waals surface area contributed by atoms with Gasteiger partial charge in [0.25, 0.3) is 5.91 Å². The van der Waals surface area contributed by atoms with Crippen molar-refractivity contribution in [2.75, 3.05) is 26.2 Å². The van der Waals surface area contributed by atoms with Crippen molar-refractivity contribution >= 4 is 43.7 Å². The highest BCUT2D eigenvalue weighted by molar-refractivity contribution is 7.89. The van der Waals surface area contributed by atoms with Gasteiger partial charge < -0.3 is 9.88 Å². The first-order chi connectivity index (χ1) is 14.9. The summed E-state index contributed by atoms with van der Waals surface area (Å²) in [6, 6.07) is 6.22. The van der Waals surface area contributed by atoms with Crippen LogP contribution >= 0.6 is 11.3 Å². The minimum atomic E-state index is -3.64. The predicted octanol–water partition coefficient (Wildman–Crippen LogP) is 4.08. The summed E-state index contributed by atoms with van der Waals surface area (Å²) in [6.45, 7) is 1.93. The Morgan fingerprint density at radius 2 is 1.94 bits per heavy atom. The molecule has 2 aliphatic heterocycles. The largest absolute Gasteiger partial charge is 0.360 e. The molecule has 162 valence electrons. The smallest absolute Gasteiger partial charge is 0.265 e. The van der Waals surface area contributed by atoms with Crippen LogP contribution < -0.4 is 0 Å². The summed E-state index contributed by atoms with van der Waals surface area (Å²) in [5, 5.41) is 2.62. The van der Waals surface area contributed by atoms with Crippen LogP contribution in [-0.2, 0) is 10.0 Å². The maximum Gasteiger partial charge on any atom is 0.265 e. The number of thiophene rings is 1. The number of rotatable bonds is 4. The van der Waals surface area contributed by atoms with Crippen molar-refractivity contribution in [3.05, 3.63) is 58.2 Å². The van der Waals surface area contributed by atoms with Gasteiger partial charge in [-0.15, -0.1) is 11.3 Å². The van der Waals surface area contributed by atoms with Gasteiger partial charge in [-0.25, -0.2) is 12.8 Å². The molecule has 31 heavy (non-hydrogen) atoms. The van der Waals surface area contributed by atoms with Gasteiger partial charge in [0.1, 0.15) is 15.6 Å². The summed E-state index contributed by atoms with van der Waals surface area (Å²) in [5.74, 6) is -0.532. The molecule has 0 bridgehead atoms. The number of amides is 1. The Bertz CT molecular complexity index is 1290. The number of fused-ring (bicyclic) bond motifs is 1. The van der Waals surface area contributed by atoms with Crippen molar-refractivity contribution in [1.29, 1.82) is 0 Å². The summed E-state index contributed by atoms with van der Waals surface area (Å²) >= 11 is 1.18. The highest BCUT2D eigenvalue weighted by Crippen LogP contribution is 2.32. The number of carbonyl (C=O) groups excluding carboxylic acids is 1. The summed E-state index contributed by atoms with van der Waals surface area (Å²) in [4.78, 5) is 18.4. The van der Waals surface area contributed by atoms with Crippen LogP contribution in [0.2, 0.25) is 0 Å². The molecule has 5 rings (SSSR count). The molecule has 0 spiro atoms. The zero-order valence-corrected chi connectivity index (χ0v) is 18.4. The molecule has 0 saturated carbocycles. The van der Waals surface area contributed by atoms with Crippen molar-refractivity contribution in [3.63, 3.8) is 0 Å². The number of nitrogens with zero attached hydrogens (tertiary/aromatic N) is 2. The molecule has 0 aliphatic carbocycles. The SMILES string of the molecule is O=C(c1sccc1S(=O)(=O)N1CCCC1)N1CC=C(c2c[nH]c3cc(F)ccc23)CC1. The molecule has 2 aromatic heterocycles. The molecule has 1 N–H and O–H groups in total. The Morgan fingerprint density at radius 1 is 1.13 bits per heavy atom. The molecule has 4 heterocycles. The molecule has 1 saturated heterocycles. The van der Waals surface area contributed by atoms with Crippen LogP contribution in [0.4, 0.5) is 4.39 Å². The molecule has 0 unspecified atom stereocenters. The highest BCUT2D eigenvalue weighted by Gasteiger charge is 2.33. The maximum atomic E-state index is 13.5. The van der Waals surface area contributed by atoms with Crippen LogP contribution in [0.5, 0.6) is 0 Å². The number of H-pyrrole nitrogens is 1. The van der Waals surface area contributed by atoms with E-state index in [0.29, 0.717) is 32.6 Å².